The van der Waals surface area contributed by atoms with Crippen LogP contribution in [0.15, 0.2) is 79.0 Å². The van der Waals surface area contributed by atoms with Gasteiger partial charge >= 0.3 is 0 Å². The number of nitrogens with zero attached hydrogens (tertiary/aromatic N) is 2. The molecule has 3 amide bonds. The molecule has 2 aromatic heterocycles. The number of nitrogens with one attached hydrogen (secondary N) is 2. The lowest BCUT2D eigenvalue weighted by molar-refractivity contribution is -0.122. The van der Waals surface area contributed by atoms with Crippen molar-refractivity contribution in [2.75, 3.05) is 17.7 Å². The standard InChI is InChI=1S/C30H28N6O4S/c1-17-7-3-6-10-23(17)36(30(39)27-24(31)25(28(32)37)35-41-27)26(21-16-33-22-9-5-4-8-20(21)22)29(38)34-15-18-11-13-19(40-2)14-12-18/h3-14,16,26,33H,15,31H2,1-2H3,(H2,32,37)(H,34,38). The average Bonchev–Trinajstić information content (AvgIpc) is 3.58. The summed E-state index contributed by atoms with van der Waals surface area (Å²) in [7, 11) is 1.59. The van der Waals surface area contributed by atoms with E-state index < -0.39 is 23.8 Å². The number of amides is 3. The number of benzene rings is 3. The fourth-order valence-electron chi connectivity index (χ4n) is 4.68. The van der Waals surface area contributed by atoms with Gasteiger partial charge in [0.15, 0.2) is 5.69 Å². The number of carbonyl (C=O) groups is 3. The van der Waals surface area contributed by atoms with E-state index in [-0.39, 0.29) is 22.8 Å². The van der Waals surface area contributed by atoms with Crippen LogP contribution in [-0.2, 0) is 11.3 Å². The molecule has 208 valence electrons. The molecule has 10 nitrogen and oxygen atoms in total. The largest absolute Gasteiger partial charge is 0.497 e. The molecule has 0 saturated carbocycles. The van der Waals surface area contributed by atoms with Gasteiger partial charge in [0, 0.05) is 34.9 Å². The second-order valence-electron chi connectivity index (χ2n) is 9.36. The fourth-order valence-corrected chi connectivity index (χ4v) is 5.43. The first-order chi connectivity index (χ1) is 19.8. The first-order valence-electron chi connectivity index (χ1n) is 12.7. The Morgan fingerprint density at radius 1 is 1.05 bits per heavy atom. The van der Waals surface area contributed by atoms with Gasteiger partial charge in [-0.05, 0) is 53.8 Å². The van der Waals surface area contributed by atoms with Crippen LogP contribution >= 0.6 is 11.5 Å². The molecule has 1 atom stereocenters. The number of aryl methyl sites for hydroxylation is 1. The van der Waals surface area contributed by atoms with Crippen LogP contribution in [0.4, 0.5) is 11.4 Å². The van der Waals surface area contributed by atoms with Crippen molar-refractivity contribution in [3.05, 3.63) is 106 Å². The van der Waals surface area contributed by atoms with E-state index in [0.717, 1.165) is 33.6 Å². The van der Waals surface area contributed by atoms with Gasteiger partial charge < -0.3 is 26.5 Å². The third-order valence-corrected chi connectivity index (χ3v) is 7.65. The number of H-pyrrole nitrogens is 1. The molecule has 5 rings (SSSR count). The molecule has 0 aliphatic carbocycles. The van der Waals surface area contributed by atoms with Gasteiger partial charge in [0.25, 0.3) is 11.8 Å². The Hall–Kier alpha value is -5.16. The summed E-state index contributed by atoms with van der Waals surface area (Å²) in [4.78, 5) is 45.0. The zero-order valence-electron chi connectivity index (χ0n) is 22.4. The quantitative estimate of drug-likeness (QED) is 0.207. The van der Waals surface area contributed by atoms with Gasteiger partial charge in [0.05, 0.1) is 12.8 Å². The van der Waals surface area contributed by atoms with Crippen LogP contribution in [-0.4, -0.2) is 34.2 Å². The number of methoxy groups -OCH3 is 1. The third-order valence-electron chi connectivity index (χ3n) is 6.80. The second-order valence-corrected chi connectivity index (χ2v) is 10.1. The number of aromatic amines is 1. The van der Waals surface area contributed by atoms with Crippen molar-refractivity contribution in [2.24, 2.45) is 5.73 Å². The van der Waals surface area contributed by atoms with E-state index in [1.54, 1.807) is 25.4 Å². The minimum absolute atomic E-state index is 0.00912. The summed E-state index contributed by atoms with van der Waals surface area (Å²) in [6.07, 6.45) is 1.73. The van der Waals surface area contributed by atoms with E-state index >= 15 is 0 Å². The van der Waals surface area contributed by atoms with Crippen molar-refractivity contribution in [3.63, 3.8) is 0 Å². The van der Waals surface area contributed by atoms with Crippen LogP contribution in [0.1, 0.15) is 42.9 Å². The van der Waals surface area contributed by atoms with E-state index in [2.05, 4.69) is 14.7 Å². The van der Waals surface area contributed by atoms with Crippen LogP contribution in [0.5, 0.6) is 5.75 Å². The molecule has 11 heteroatoms. The van der Waals surface area contributed by atoms with Gasteiger partial charge in [0.2, 0.25) is 5.91 Å². The van der Waals surface area contributed by atoms with E-state index in [0.29, 0.717) is 17.0 Å². The SMILES string of the molecule is COc1ccc(CNC(=O)C(c2c[nH]c3ccccc23)N(C(=O)c2snc(C(N)=O)c2N)c2ccccc2C)cc1. The normalized spacial score (nSPS) is 11.7. The number of nitrogen functional groups attached to an aromatic ring is 1. The second kappa shape index (κ2) is 11.5. The fraction of sp³-hybridized carbons (Fsp3) is 0.133. The number of nitrogens with two attached hydrogens (primary N) is 2. The van der Waals surface area contributed by atoms with Gasteiger partial charge in [-0.3, -0.25) is 19.3 Å². The molecule has 1 unspecified atom stereocenters. The monoisotopic (exact) mass is 568 g/mol. The first-order valence-corrected chi connectivity index (χ1v) is 13.5. The number of para-hydroxylation sites is 2. The first kappa shape index (κ1) is 27.4. The zero-order valence-corrected chi connectivity index (χ0v) is 23.2. The van der Waals surface area contributed by atoms with Crippen molar-refractivity contribution in [2.45, 2.75) is 19.5 Å². The van der Waals surface area contributed by atoms with Crippen molar-refractivity contribution in [3.8, 4) is 5.75 Å². The van der Waals surface area contributed by atoms with Gasteiger partial charge in [-0.25, -0.2) is 0 Å². The van der Waals surface area contributed by atoms with Gasteiger partial charge in [-0.15, -0.1) is 0 Å². The van der Waals surface area contributed by atoms with Crippen LogP contribution in [0.25, 0.3) is 10.9 Å². The van der Waals surface area contributed by atoms with Crippen molar-refractivity contribution >= 4 is 51.5 Å². The Balaban J connectivity index is 1.64. The smallest absolute Gasteiger partial charge is 0.273 e. The molecule has 5 aromatic rings. The predicted octanol–water partition coefficient (Wildman–Crippen LogP) is 4.33. The molecule has 0 fully saturated rings. The lowest BCUT2D eigenvalue weighted by Crippen LogP contribution is -2.44. The molecule has 3 aromatic carbocycles. The maximum absolute atomic E-state index is 14.3. The maximum Gasteiger partial charge on any atom is 0.273 e. The van der Waals surface area contributed by atoms with E-state index in [9.17, 15) is 14.4 Å². The Morgan fingerprint density at radius 2 is 1.76 bits per heavy atom. The number of ether oxygens (including phenoxy) is 1. The zero-order chi connectivity index (χ0) is 29.1. The van der Waals surface area contributed by atoms with Crippen molar-refractivity contribution in [1.29, 1.82) is 0 Å². The third kappa shape index (κ3) is 5.35. The summed E-state index contributed by atoms with van der Waals surface area (Å²) in [5.74, 6) is -1.15. The topological polar surface area (TPSA) is 156 Å². The number of carbonyl (C=O) groups excluding carboxylic acids is 3. The molecule has 2 heterocycles. The summed E-state index contributed by atoms with van der Waals surface area (Å²) in [5, 5.41) is 3.77. The molecule has 0 radical (unpaired) electrons. The molecule has 0 aliphatic heterocycles. The van der Waals surface area contributed by atoms with Crippen molar-refractivity contribution in [1.82, 2.24) is 14.7 Å². The summed E-state index contributed by atoms with van der Waals surface area (Å²) in [6, 6.07) is 21.0. The molecule has 0 spiro atoms. The molecule has 0 aliphatic rings. The number of aromatic nitrogens is 2. The summed E-state index contributed by atoms with van der Waals surface area (Å²) >= 11 is 0.767. The number of hydrogen-bond acceptors (Lipinski definition) is 7. The Labute approximate surface area is 240 Å². The number of rotatable bonds is 9. The van der Waals surface area contributed by atoms with Gasteiger partial charge in [-0.1, -0.05) is 48.5 Å². The number of primary amides is 1. The molecule has 41 heavy (non-hydrogen) atoms. The summed E-state index contributed by atoms with van der Waals surface area (Å²) in [5.41, 5.74) is 14.8. The highest BCUT2D eigenvalue weighted by Crippen LogP contribution is 2.37. The highest BCUT2D eigenvalue weighted by atomic mass is 32.1. The molecular formula is C30H28N6O4S. The Bertz CT molecular complexity index is 1740. The van der Waals surface area contributed by atoms with Crippen molar-refractivity contribution < 1.29 is 19.1 Å². The van der Waals surface area contributed by atoms with Crippen LogP contribution < -0.4 is 26.4 Å². The average molecular weight is 569 g/mol. The summed E-state index contributed by atoms with van der Waals surface area (Å²) in [6.45, 7) is 2.06. The lowest BCUT2D eigenvalue weighted by atomic mass is 10.0. The van der Waals surface area contributed by atoms with E-state index in [1.807, 2.05) is 67.6 Å². The van der Waals surface area contributed by atoms with E-state index in [4.69, 9.17) is 16.2 Å². The highest BCUT2D eigenvalue weighted by Gasteiger charge is 2.37. The van der Waals surface area contributed by atoms with Crippen LogP contribution in [0.2, 0.25) is 0 Å². The number of hydrogen-bond donors (Lipinski definition) is 4. The van der Waals surface area contributed by atoms with E-state index in [1.165, 1.54) is 4.90 Å². The summed E-state index contributed by atoms with van der Waals surface area (Å²) < 4.78 is 9.25. The minimum atomic E-state index is -1.11. The number of anilines is 2. The predicted molar refractivity (Wildman–Crippen MR) is 159 cm³/mol. The molecular weight excluding hydrogens is 540 g/mol. The van der Waals surface area contributed by atoms with Crippen LogP contribution in [0.3, 0.4) is 0 Å². The minimum Gasteiger partial charge on any atom is -0.497 e. The molecule has 0 bridgehead atoms. The van der Waals surface area contributed by atoms with Crippen LogP contribution in [0, 0.1) is 6.92 Å². The Morgan fingerprint density at radius 3 is 2.44 bits per heavy atom. The maximum atomic E-state index is 14.3. The molecule has 6 N–H and O–H groups in total. The van der Waals surface area contributed by atoms with Gasteiger partial charge in [-0.2, -0.15) is 4.37 Å². The highest BCUT2D eigenvalue weighted by molar-refractivity contribution is 7.09. The number of fused-ring (bicyclic) bond motifs is 1. The van der Waals surface area contributed by atoms with Gasteiger partial charge in [0.1, 0.15) is 16.7 Å². The lowest BCUT2D eigenvalue weighted by Gasteiger charge is -2.32. The Kier molecular flexibility index (Phi) is 7.70. The molecule has 0 saturated heterocycles.